The molecule has 0 amide bonds. The van der Waals surface area contributed by atoms with Gasteiger partial charge in [0.15, 0.2) is 0 Å². The van der Waals surface area contributed by atoms with Crippen LogP contribution in [0.25, 0.3) is 21.5 Å². The van der Waals surface area contributed by atoms with Gasteiger partial charge in [0.1, 0.15) is 0 Å². The van der Waals surface area contributed by atoms with E-state index in [1.165, 1.54) is 12.1 Å². The largest absolute Gasteiger partial charge is 0.355 e. The van der Waals surface area contributed by atoms with Crippen molar-refractivity contribution in [1.29, 1.82) is 0 Å². The van der Waals surface area contributed by atoms with Gasteiger partial charge < -0.3 is 16.0 Å². The van der Waals surface area contributed by atoms with Crippen molar-refractivity contribution >= 4 is 78.8 Å². The van der Waals surface area contributed by atoms with E-state index >= 15 is 0 Å². The van der Waals surface area contributed by atoms with E-state index in [9.17, 15) is 20.2 Å². The summed E-state index contributed by atoms with van der Waals surface area (Å²) in [5, 5.41) is 36.0. The molecule has 0 unspecified atom stereocenters. The second-order valence-corrected chi connectivity index (χ2v) is 11.0. The minimum absolute atomic E-state index is 0.0772. The molecule has 0 spiro atoms. The van der Waals surface area contributed by atoms with Gasteiger partial charge in [0.25, 0.3) is 11.4 Å². The lowest BCUT2D eigenvalue weighted by Gasteiger charge is -2.22. The van der Waals surface area contributed by atoms with Crippen molar-refractivity contribution in [2.75, 3.05) is 16.0 Å². The smallest absolute Gasteiger partial charge is 0.270 e. The lowest BCUT2D eigenvalue weighted by atomic mass is 10.1. The number of nitrogens with zero attached hydrogens (tertiary/aromatic N) is 2. The van der Waals surface area contributed by atoms with E-state index in [-0.39, 0.29) is 21.2 Å². The van der Waals surface area contributed by atoms with Gasteiger partial charge in [0, 0.05) is 56.8 Å². The van der Waals surface area contributed by atoms with Gasteiger partial charge in [-0.15, -0.1) is 0 Å². The number of non-ortho nitro benzene ring substituents is 2. The van der Waals surface area contributed by atoms with Crippen LogP contribution >= 0.6 is 11.8 Å². The highest BCUT2D eigenvalue weighted by molar-refractivity contribution is 7.99. The first-order chi connectivity index (χ1) is 20.4. The first-order valence-electron chi connectivity index (χ1n) is 13.0. The van der Waals surface area contributed by atoms with Gasteiger partial charge in [-0.2, -0.15) is 0 Å². The molecule has 3 N–H and O–H groups in total. The predicted octanol–water partition coefficient (Wildman–Crippen LogP) is 9.50. The third-order valence-corrected chi connectivity index (χ3v) is 8.23. The van der Waals surface area contributed by atoms with Crippen LogP contribution in [-0.4, -0.2) is 9.85 Å². The molecular weight excluding hydrogens is 550 g/mol. The second kappa shape index (κ2) is 10.1. The lowest BCUT2D eigenvalue weighted by Crippen LogP contribution is -2.02. The number of anilines is 6. The Labute approximate surface area is 243 Å². The van der Waals surface area contributed by atoms with Crippen LogP contribution in [0.5, 0.6) is 0 Å². The Kier molecular flexibility index (Phi) is 6.10. The molecule has 6 aromatic carbocycles. The number of nitrogens with one attached hydrogen (secondary N) is 3. The Bertz CT molecular complexity index is 1930. The van der Waals surface area contributed by atoms with E-state index in [0.29, 0.717) is 0 Å². The molecule has 6 aromatic rings. The summed E-state index contributed by atoms with van der Waals surface area (Å²) in [6, 6.07) is 33.6. The molecule has 42 heavy (non-hydrogen) atoms. The van der Waals surface area contributed by atoms with Crippen molar-refractivity contribution in [2.24, 2.45) is 0 Å². The summed E-state index contributed by atoms with van der Waals surface area (Å²) in [4.78, 5) is 23.6. The molecule has 0 bridgehead atoms. The van der Waals surface area contributed by atoms with Crippen molar-refractivity contribution in [2.45, 2.75) is 9.79 Å². The highest BCUT2D eigenvalue weighted by atomic mass is 32.2. The molecule has 9 nitrogen and oxygen atoms in total. The van der Waals surface area contributed by atoms with E-state index in [1.807, 2.05) is 54.6 Å². The first kappa shape index (κ1) is 25.4. The molecule has 1 heterocycles. The topological polar surface area (TPSA) is 122 Å². The van der Waals surface area contributed by atoms with Gasteiger partial charge >= 0.3 is 0 Å². The van der Waals surface area contributed by atoms with Gasteiger partial charge in [0.05, 0.1) is 21.2 Å². The molecule has 0 radical (unpaired) electrons. The van der Waals surface area contributed by atoms with Gasteiger partial charge in [-0.3, -0.25) is 20.2 Å². The molecule has 204 valence electrons. The van der Waals surface area contributed by atoms with Crippen LogP contribution in [0.4, 0.5) is 45.5 Å². The summed E-state index contributed by atoms with van der Waals surface area (Å²) in [6.07, 6.45) is 0. The molecule has 1 aliphatic heterocycles. The molecular formula is C32H21N5O4S. The molecule has 0 aliphatic carbocycles. The van der Waals surface area contributed by atoms with Crippen LogP contribution < -0.4 is 16.0 Å². The van der Waals surface area contributed by atoms with Crippen molar-refractivity contribution in [3.63, 3.8) is 0 Å². The van der Waals surface area contributed by atoms with Crippen LogP contribution in [0.2, 0.25) is 0 Å². The Balaban J connectivity index is 1.07. The number of nitro groups is 2. The van der Waals surface area contributed by atoms with E-state index in [4.69, 9.17) is 0 Å². The van der Waals surface area contributed by atoms with E-state index in [0.717, 1.165) is 65.5 Å². The summed E-state index contributed by atoms with van der Waals surface area (Å²) in [7, 11) is 0. The average Bonchev–Trinajstić information content (AvgIpc) is 2.99. The third-order valence-electron chi connectivity index (χ3n) is 7.10. The standard InChI is InChI=1S/C32H21N5O4S/c38-36(39)27-9-3-19-13-23(5-1-21(19)15-27)33-25-8-12-31-30(17-25)35-29-11-7-26(18-32(29)42-31)34-24-6-2-22-16-28(37(40)41)10-4-20(22)14-24/h1-18,33-35H. The summed E-state index contributed by atoms with van der Waals surface area (Å²) in [5.74, 6) is 0. The predicted molar refractivity (Wildman–Crippen MR) is 168 cm³/mol. The van der Waals surface area contributed by atoms with Crippen LogP contribution in [0, 0.1) is 20.2 Å². The summed E-state index contributed by atoms with van der Waals surface area (Å²) in [5.41, 5.74) is 5.81. The molecule has 10 heteroatoms. The van der Waals surface area contributed by atoms with Crippen LogP contribution in [0.1, 0.15) is 0 Å². The van der Waals surface area contributed by atoms with Crippen molar-refractivity contribution in [3.8, 4) is 0 Å². The van der Waals surface area contributed by atoms with Crippen molar-refractivity contribution in [1.82, 2.24) is 0 Å². The molecule has 0 saturated carbocycles. The van der Waals surface area contributed by atoms with E-state index < -0.39 is 0 Å². The van der Waals surface area contributed by atoms with Crippen LogP contribution in [0.15, 0.2) is 119 Å². The Morgan fingerprint density at radius 2 is 0.976 bits per heavy atom. The molecule has 0 aromatic heterocycles. The minimum atomic E-state index is -0.386. The molecule has 0 saturated heterocycles. The minimum Gasteiger partial charge on any atom is -0.355 e. The highest BCUT2D eigenvalue weighted by Gasteiger charge is 2.17. The fraction of sp³-hybridized carbons (Fsp3) is 0. The molecule has 1 aliphatic rings. The fourth-order valence-corrected chi connectivity index (χ4v) is 6.04. The summed E-state index contributed by atoms with van der Waals surface area (Å²) >= 11 is 1.69. The van der Waals surface area contributed by atoms with Crippen LogP contribution in [-0.2, 0) is 0 Å². The average molecular weight is 572 g/mol. The zero-order valence-corrected chi connectivity index (χ0v) is 22.6. The van der Waals surface area contributed by atoms with Gasteiger partial charge in [-0.05, 0) is 94.3 Å². The fourth-order valence-electron chi connectivity index (χ4n) is 5.03. The number of fused-ring (bicyclic) bond motifs is 4. The number of benzene rings is 6. The van der Waals surface area contributed by atoms with Gasteiger partial charge in [-0.1, -0.05) is 23.9 Å². The van der Waals surface area contributed by atoms with Gasteiger partial charge in [0.2, 0.25) is 0 Å². The molecule has 0 atom stereocenters. The number of hydrogen-bond acceptors (Lipinski definition) is 8. The summed E-state index contributed by atoms with van der Waals surface area (Å²) in [6.45, 7) is 0. The quantitative estimate of drug-likeness (QED) is 0.133. The Morgan fingerprint density at radius 3 is 1.57 bits per heavy atom. The monoisotopic (exact) mass is 571 g/mol. The molecule has 0 fully saturated rings. The maximum absolute atomic E-state index is 11.1. The van der Waals surface area contributed by atoms with Crippen LogP contribution in [0.3, 0.4) is 0 Å². The van der Waals surface area contributed by atoms with Crippen molar-refractivity contribution < 1.29 is 9.85 Å². The third kappa shape index (κ3) is 4.91. The Hall–Kier alpha value is -5.61. The Morgan fingerprint density at radius 1 is 0.500 bits per heavy atom. The number of nitro benzene ring substituents is 2. The SMILES string of the molecule is O=[N+]([O-])c1ccc2cc(Nc3ccc4c(c3)Nc3ccc(Nc5ccc6cc([N+](=O)[O-])ccc6c5)cc3S4)ccc2c1. The van der Waals surface area contributed by atoms with Gasteiger partial charge in [-0.25, -0.2) is 0 Å². The molecule has 7 rings (SSSR count). The lowest BCUT2D eigenvalue weighted by molar-refractivity contribution is -0.384. The zero-order valence-electron chi connectivity index (χ0n) is 21.8. The maximum Gasteiger partial charge on any atom is 0.270 e. The normalized spacial score (nSPS) is 11.8. The highest BCUT2D eigenvalue weighted by Crippen LogP contribution is 2.46. The first-order valence-corrected chi connectivity index (χ1v) is 13.8. The zero-order chi connectivity index (χ0) is 28.8. The van der Waals surface area contributed by atoms with E-state index in [2.05, 4.69) is 34.1 Å². The summed E-state index contributed by atoms with van der Waals surface area (Å²) < 4.78 is 0. The van der Waals surface area contributed by atoms with E-state index in [1.54, 1.807) is 36.0 Å². The second-order valence-electron chi connectivity index (χ2n) is 9.91. The maximum atomic E-state index is 11.1. The number of hydrogen-bond donors (Lipinski definition) is 3. The number of rotatable bonds is 6. The van der Waals surface area contributed by atoms with Crippen molar-refractivity contribution in [3.05, 3.63) is 129 Å².